The second kappa shape index (κ2) is 8.68. The topological polar surface area (TPSA) is 106 Å². The van der Waals surface area contributed by atoms with Crippen LogP contribution in [0.2, 0.25) is 5.02 Å². The number of aromatic nitrogens is 3. The summed E-state index contributed by atoms with van der Waals surface area (Å²) in [7, 11) is -2.34. The molecule has 0 bridgehead atoms. The maximum absolute atomic E-state index is 12.8. The number of hydrogen-bond donors (Lipinski definition) is 2. The lowest BCUT2D eigenvalue weighted by Crippen LogP contribution is -2.18. The van der Waals surface area contributed by atoms with Crippen LogP contribution in [0.3, 0.4) is 0 Å². The third-order valence-electron chi connectivity index (χ3n) is 5.22. The van der Waals surface area contributed by atoms with Crippen LogP contribution in [0.4, 0.5) is 5.69 Å². The summed E-state index contributed by atoms with van der Waals surface area (Å²) < 4.78 is 30.3. The van der Waals surface area contributed by atoms with Gasteiger partial charge in [-0.3, -0.25) is 9.52 Å². The van der Waals surface area contributed by atoms with Crippen LogP contribution in [-0.4, -0.2) is 36.1 Å². The number of carbonyl (C=O) groups excluding carboxylic acids is 1. The number of benzene rings is 2. The second-order valence-electron chi connectivity index (χ2n) is 7.31. The fourth-order valence-corrected chi connectivity index (χ4v) is 4.84. The number of nitrogens with one attached hydrogen (secondary N) is 2. The van der Waals surface area contributed by atoms with E-state index in [2.05, 4.69) is 24.8 Å². The quantitative estimate of drug-likeness (QED) is 0.607. The number of carbonyl (C=O) groups is 1. The van der Waals surface area contributed by atoms with Crippen LogP contribution in [0.15, 0.2) is 47.4 Å². The van der Waals surface area contributed by atoms with E-state index in [1.165, 1.54) is 31.3 Å². The third kappa shape index (κ3) is 4.42. The number of rotatable bonds is 5. The van der Waals surface area contributed by atoms with Crippen molar-refractivity contribution in [3.63, 3.8) is 0 Å². The van der Waals surface area contributed by atoms with Gasteiger partial charge < -0.3 is 9.88 Å². The van der Waals surface area contributed by atoms with E-state index in [9.17, 15) is 13.2 Å². The average Bonchev–Trinajstić information content (AvgIpc) is 3.02. The maximum Gasteiger partial charge on any atom is 0.261 e. The van der Waals surface area contributed by atoms with E-state index in [0.717, 1.165) is 38.1 Å². The first-order valence-corrected chi connectivity index (χ1v) is 11.8. The van der Waals surface area contributed by atoms with Gasteiger partial charge in [-0.2, -0.15) is 0 Å². The highest BCUT2D eigenvalue weighted by molar-refractivity contribution is 7.92. The number of hydrogen-bond acceptors (Lipinski definition) is 5. The lowest BCUT2D eigenvalue weighted by Gasteiger charge is -2.12. The number of amides is 1. The molecule has 0 saturated heterocycles. The second-order valence-corrected chi connectivity index (χ2v) is 9.40. The molecular weight excluding hydrogens is 438 g/mol. The molecule has 0 unspecified atom stereocenters. The van der Waals surface area contributed by atoms with Crippen LogP contribution in [0.25, 0.3) is 11.4 Å². The minimum atomic E-state index is -3.85. The fraction of sp³-hybridized carbons (Fsp3) is 0.286. The molecule has 31 heavy (non-hydrogen) atoms. The first-order chi connectivity index (χ1) is 14.9. The number of nitrogens with zero attached hydrogens (tertiary/aromatic N) is 3. The standard InChI is InChI=1S/C21H22ClN5O3S/c1-23-21(28)14-6-9-16(10-7-14)31(29,30)26-15-8-11-18(22)17(13-15)20-25-24-19-5-3-2-4-12-27(19)20/h6-11,13,26H,2-5,12H2,1H3,(H,23,28). The third-order valence-corrected chi connectivity index (χ3v) is 6.95. The van der Waals surface area contributed by atoms with Crippen molar-refractivity contribution in [2.45, 2.75) is 37.1 Å². The Hall–Kier alpha value is -2.91. The van der Waals surface area contributed by atoms with E-state index in [1.54, 1.807) is 18.2 Å². The van der Waals surface area contributed by atoms with Gasteiger partial charge in [0.2, 0.25) is 0 Å². The Morgan fingerprint density at radius 2 is 1.84 bits per heavy atom. The lowest BCUT2D eigenvalue weighted by molar-refractivity contribution is 0.0963. The normalized spacial score (nSPS) is 13.9. The summed E-state index contributed by atoms with van der Waals surface area (Å²) in [6, 6.07) is 10.6. The van der Waals surface area contributed by atoms with Crippen molar-refractivity contribution < 1.29 is 13.2 Å². The summed E-state index contributed by atoms with van der Waals surface area (Å²) in [5, 5.41) is 11.6. The highest BCUT2D eigenvalue weighted by atomic mass is 35.5. The summed E-state index contributed by atoms with van der Waals surface area (Å²) in [5.74, 6) is 1.27. The number of fused-ring (bicyclic) bond motifs is 1. The van der Waals surface area contributed by atoms with Gasteiger partial charge in [0.05, 0.1) is 9.92 Å². The first kappa shape index (κ1) is 21.3. The molecule has 8 nitrogen and oxygen atoms in total. The minimum Gasteiger partial charge on any atom is -0.355 e. The summed E-state index contributed by atoms with van der Waals surface area (Å²) >= 11 is 6.42. The molecular formula is C21H22ClN5O3S. The molecule has 3 aromatic rings. The van der Waals surface area contributed by atoms with Gasteiger partial charge in [-0.15, -0.1) is 10.2 Å². The average molecular weight is 460 g/mol. The van der Waals surface area contributed by atoms with Gasteiger partial charge >= 0.3 is 0 Å². The van der Waals surface area contributed by atoms with Crippen LogP contribution in [0, 0.1) is 0 Å². The van der Waals surface area contributed by atoms with Gasteiger partial charge in [0, 0.05) is 36.8 Å². The molecule has 1 amide bonds. The predicted octanol–water partition coefficient (Wildman–Crippen LogP) is 3.49. The van der Waals surface area contributed by atoms with Crippen LogP contribution in [0.1, 0.15) is 35.4 Å². The summed E-state index contributed by atoms with van der Waals surface area (Å²) in [6.45, 7) is 0.807. The number of anilines is 1. The van der Waals surface area contributed by atoms with Crippen molar-refractivity contribution in [2.24, 2.45) is 0 Å². The van der Waals surface area contributed by atoms with Crippen LogP contribution < -0.4 is 10.0 Å². The van der Waals surface area contributed by atoms with Crippen molar-refractivity contribution in [3.8, 4) is 11.4 Å². The Morgan fingerprint density at radius 3 is 2.58 bits per heavy atom. The zero-order valence-electron chi connectivity index (χ0n) is 16.9. The van der Waals surface area contributed by atoms with Crippen molar-refractivity contribution in [1.29, 1.82) is 0 Å². The van der Waals surface area contributed by atoms with Gasteiger partial charge in [-0.1, -0.05) is 18.0 Å². The molecule has 10 heteroatoms. The molecule has 0 saturated carbocycles. The Bertz CT molecular complexity index is 1220. The molecule has 0 radical (unpaired) electrons. The van der Waals surface area contributed by atoms with Crippen LogP contribution in [-0.2, 0) is 23.0 Å². The van der Waals surface area contributed by atoms with Crippen molar-refractivity contribution >= 4 is 33.2 Å². The lowest BCUT2D eigenvalue weighted by atomic mass is 10.2. The Kier molecular flexibility index (Phi) is 5.97. The largest absolute Gasteiger partial charge is 0.355 e. The highest BCUT2D eigenvalue weighted by Gasteiger charge is 2.20. The summed E-state index contributed by atoms with van der Waals surface area (Å²) in [6.07, 6.45) is 4.11. The molecule has 0 aliphatic carbocycles. The first-order valence-electron chi connectivity index (χ1n) is 9.96. The minimum absolute atomic E-state index is 0.0491. The monoisotopic (exact) mass is 459 g/mol. The zero-order valence-corrected chi connectivity index (χ0v) is 18.5. The maximum atomic E-state index is 12.8. The molecule has 2 N–H and O–H groups in total. The smallest absolute Gasteiger partial charge is 0.261 e. The molecule has 4 rings (SSSR count). The van der Waals surface area contributed by atoms with E-state index in [-0.39, 0.29) is 10.8 Å². The molecule has 2 heterocycles. The van der Waals surface area contributed by atoms with Crippen LogP contribution in [0.5, 0.6) is 0 Å². The highest BCUT2D eigenvalue weighted by Crippen LogP contribution is 2.32. The van der Waals surface area contributed by atoms with Crippen molar-refractivity contribution in [1.82, 2.24) is 20.1 Å². The summed E-state index contributed by atoms with van der Waals surface area (Å²) in [5.41, 5.74) is 1.36. The molecule has 162 valence electrons. The van der Waals surface area contributed by atoms with Gasteiger partial charge in [0.25, 0.3) is 15.9 Å². The number of halogens is 1. The Labute approximate surface area is 185 Å². The SMILES string of the molecule is CNC(=O)c1ccc(S(=O)(=O)Nc2ccc(Cl)c(-c3nnc4n3CCCCC4)c2)cc1. The molecule has 2 aromatic carbocycles. The van der Waals surface area contributed by atoms with E-state index in [0.29, 0.717) is 27.7 Å². The van der Waals surface area contributed by atoms with Gasteiger partial charge in [0.1, 0.15) is 5.82 Å². The Balaban J connectivity index is 1.63. The van der Waals surface area contributed by atoms with Crippen molar-refractivity contribution in [3.05, 3.63) is 58.9 Å². The molecule has 1 aliphatic rings. The zero-order chi connectivity index (χ0) is 22.0. The van der Waals surface area contributed by atoms with Gasteiger partial charge in [0.15, 0.2) is 5.82 Å². The molecule has 1 aromatic heterocycles. The predicted molar refractivity (Wildman–Crippen MR) is 119 cm³/mol. The van der Waals surface area contributed by atoms with Crippen LogP contribution >= 0.6 is 11.6 Å². The number of sulfonamides is 1. The molecule has 1 aliphatic heterocycles. The summed E-state index contributed by atoms with van der Waals surface area (Å²) in [4.78, 5) is 11.7. The van der Waals surface area contributed by atoms with E-state index in [1.807, 2.05) is 0 Å². The number of aryl methyl sites for hydroxylation is 1. The fourth-order valence-electron chi connectivity index (χ4n) is 3.59. The molecule has 0 atom stereocenters. The Morgan fingerprint density at radius 1 is 1.06 bits per heavy atom. The van der Waals surface area contributed by atoms with Gasteiger partial charge in [-0.05, 0) is 55.3 Å². The molecule has 0 spiro atoms. The molecule has 0 fully saturated rings. The van der Waals surface area contributed by atoms with E-state index >= 15 is 0 Å². The van der Waals surface area contributed by atoms with Crippen molar-refractivity contribution in [2.75, 3.05) is 11.8 Å². The van der Waals surface area contributed by atoms with E-state index in [4.69, 9.17) is 11.6 Å². The van der Waals surface area contributed by atoms with Gasteiger partial charge in [-0.25, -0.2) is 8.42 Å². The van der Waals surface area contributed by atoms with E-state index < -0.39 is 10.0 Å².